The molecule has 0 aromatic rings. The zero-order chi connectivity index (χ0) is 15.1. The van der Waals surface area contributed by atoms with Gasteiger partial charge in [-0.25, -0.2) is 0 Å². The van der Waals surface area contributed by atoms with Crippen LogP contribution in [0.25, 0.3) is 0 Å². The molecular formula is C15H29IN4O2. The number of fused-ring (bicyclic) bond motifs is 2. The van der Waals surface area contributed by atoms with E-state index >= 15 is 0 Å². The van der Waals surface area contributed by atoms with Crippen molar-refractivity contribution in [2.75, 3.05) is 19.6 Å². The van der Waals surface area contributed by atoms with E-state index < -0.39 is 0 Å². The van der Waals surface area contributed by atoms with E-state index in [-0.39, 0.29) is 29.9 Å². The van der Waals surface area contributed by atoms with Crippen LogP contribution in [-0.2, 0) is 9.53 Å². The van der Waals surface area contributed by atoms with Crippen LogP contribution in [0.1, 0.15) is 46.0 Å². The highest BCUT2D eigenvalue weighted by Gasteiger charge is 2.41. The van der Waals surface area contributed by atoms with Gasteiger partial charge in [-0.1, -0.05) is 6.92 Å². The first kappa shape index (κ1) is 19.5. The summed E-state index contributed by atoms with van der Waals surface area (Å²) in [6, 6.07) is 0.357. The maximum Gasteiger partial charge on any atom is 0.221 e. The van der Waals surface area contributed by atoms with E-state index in [9.17, 15) is 4.79 Å². The van der Waals surface area contributed by atoms with E-state index in [4.69, 9.17) is 4.74 Å². The van der Waals surface area contributed by atoms with Crippen molar-refractivity contribution in [3.05, 3.63) is 0 Å². The van der Waals surface area contributed by atoms with Gasteiger partial charge in [-0.05, 0) is 32.6 Å². The summed E-state index contributed by atoms with van der Waals surface area (Å²) in [6.07, 6.45) is 5.54. The fourth-order valence-electron chi connectivity index (χ4n) is 2.91. The maximum atomic E-state index is 11.5. The van der Waals surface area contributed by atoms with Gasteiger partial charge >= 0.3 is 0 Å². The Hall–Kier alpha value is -0.570. The maximum absolute atomic E-state index is 11.5. The summed E-state index contributed by atoms with van der Waals surface area (Å²) >= 11 is 0. The lowest BCUT2D eigenvalue weighted by Crippen LogP contribution is -2.47. The van der Waals surface area contributed by atoms with Crippen LogP contribution in [0.2, 0.25) is 0 Å². The number of carbonyl (C=O) groups is 1. The summed E-state index contributed by atoms with van der Waals surface area (Å²) in [6.45, 7) is 6.15. The quantitative estimate of drug-likeness (QED) is 0.328. The lowest BCUT2D eigenvalue weighted by molar-refractivity contribution is -0.120. The molecule has 22 heavy (non-hydrogen) atoms. The molecule has 0 aromatic heterocycles. The second-order valence-electron chi connectivity index (χ2n) is 5.72. The number of rotatable bonds is 7. The van der Waals surface area contributed by atoms with Crippen LogP contribution in [-0.4, -0.2) is 49.8 Å². The molecule has 2 heterocycles. The van der Waals surface area contributed by atoms with Crippen LogP contribution in [0.5, 0.6) is 0 Å². The van der Waals surface area contributed by atoms with Crippen molar-refractivity contribution in [2.45, 2.75) is 64.2 Å². The molecule has 0 radical (unpaired) electrons. The molecule has 0 spiro atoms. The molecular weight excluding hydrogens is 395 g/mol. The number of guanidine groups is 1. The molecule has 2 rings (SSSR count). The molecule has 6 nitrogen and oxygen atoms in total. The number of nitrogens with one attached hydrogen (secondary N) is 3. The molecule has 0 aromatic carbocycles. The molecule has 128 valence electrons. The normalized spacial score (nSPS) is 26.5. The smallest absolute Gasteiger partial charge is 0.221 e. The van der Waals surface area contributed by atoms with E-state index in [0.29, 0.717) is 31.2 Å². The minimum Gasteiger partial charge on any atom is -0.373 e. The average Bonchev–Trinajstić information content (AvgIpc) is 3.07. The summed E-state index contributed by atoms with van der Waals surface area (Å²) < 4.78 is 5.84. The van der Waals surface area contributed by atoms with Crippen LogP contribution >= 0.6 is 24.0 Å². The number of carbonyl (C=O) groups excluding carboxylic acids is 1. The molecule has 3 unspecified atom stereocenters. The molecule has 7 heteroatoms. The Morgan fingerprint density at radius 2 is 2.09 bits per heavy atom. The van der Waals surface area contributed by atoms with Crippen LogP contribution in [0.15, 0.2) is 4.99 Å². The third kappa shape index (κ3) is 5.91. The second kappa shape index (κ2) is 10.3. The standard InChI is InChI=1S/C15H28N4O2.HI/c1-3-8-17-14(20)7-9-18-15(16-4-2)19-12-10-11-5-6-13(12)21-11;/h11-13H,3-10H2,1-2H3,(H,17,20)(H2,16,18,19);1H. The van der Waals surface area contributed by atoms with E-state index in [1.54, 1.807) is 0 Å². The largest absolute Gasteiger partial charge is 0.373 e. The Balaban J connectivity index is 0.00000242. The molecule has 0 saturated carbocycles. The van der Waals surface area contributed by atoms with E-state index in [0.717, 1.165) is 38.3 Å². The molecule has 2 aliphatic heterocycles. The van der Waals surface area contributed by atoms with E-state index in [1.807, 2.05) is 13.8 Å². The van der Waals surface area contributed by atoms with Gasteiger partial charge in [0.1, 0.15) is 0 Å². The Bertz CT molecular complexity index is 379. The minimum atomic E-state index is 0. The Labute approximate surface area is 150 Å². The van der Waals surface area contributed by atoms with Crippen molar-refractivity contribution in [3.63, 3.8) is 0 Å². The molecule has 3 atom stereocenters. The van der Waals surface area contributed by atoms with Crippen molar-refractivity contribution in [1.29, 1.82) is 0 Å². The first-order valence-electron chi connectivity index (χ1n) is 8.20. The van der Waals surface area contributed by atoms with Crippen LogP contribution in [0, 0.1) is 0 Å². The van der Waals surface area contributed by atoms with Crippen molar-refractivity contribution in [3.8, 4) is 0 Å². The molecule has 2 aliphatic rings. The zero-order valence-corrected chi connectivity index (χ0v) is 15.9. The average molecular weight is 424 g/mol. The number of halogens is 1. The predicted molar refractivity (Wildman–Crippen MR) is 98.7 cm³/mol. The van der Waals surface area contributed by atoms with Crippen molar-refractivity contribution in [2.24, 2.45) is 4.99 Å². The van der Waals surface area contributed by atoms with Crippen LogP contribution in [0.4, 0.5) is 0 Å². The molecule has 0 aliphatic carbocycles. The summed E-state index contributed by atoms with van der Waals surface area (Å²) in [5.41, 5.74) is 0. The van der Waals surface area contributed by atoms with Gasteiger partial charge in [-0.3, -0.25) is 9.79 Å². The number of ether oxygens (including phenoxy) is 1. The minimum absolute atomic E-state index is 0. The Kier molecular flexibility index (Phi) is 9.08. The highest BCUT2D eigenvalue weighted by Crippen LogP contribution is 2.34. The zero-order valence-electron chi connectivity index (χ0n) is 13.6. The summed E-state index contributed by atoms with van der Waals surface area (Å²) in [5.74, 6) is 0.863. The SMILES string of the molecule is CCCNC(=O)CCN=C(NCC)NC1CC2CCC1O2.I. The van der Waals surface area contributed by atoms with E-state index in [1.165, 1.54) is 6.42 Å². The van der Waals surface area contributed by atoms with Gasteiger partial charge in [0, 0.05) is 19.5 Å². The fourth-order valence-corrected chi connectivity index (χ4v) is 2.91. The molecule has 3 N–H and O–H groups in total. The predicted octanol–water partition coefficient (Wildman–Crippen LogP) is 1.40. The summed E-state index contributed by atoms with van der Waals surface area (Å²) in [4.78, 5) is 16.0. The molecule has 1 amide bonds. The summed E-state index contributed by atoms with van der Waals surface area (Å²) in [7, 11) is 0. The highest BCUT2D eigenvalue weighted by molar-refractivity contribution is 14.0. The fraction of sp³-hybridized carbons (Fsp3) is 0.867. The van der Waals surface area contributed by atoms with Gasteiger partial charge in [-0.2, -0.15) is 0 Å². The lowest BCUT2D eigenvalue weighted by atomic mass is 9.96. The number of aliphatic imine (C=N–C) groups is 1. The summed E-state index contributed by atoms with van der Waals surface area (Å²) in [5, 5.41) is 9.55. The van der Waals surface area contributed by atoms with Crippen LogP contribution < -0.4 is 16.0 Å². The van der Waals surface area contributed by atoms with Gasteiger partial charge < -0.3 is 20.7 Å². The first-order valence-corrected chi connectivity index (χ1v) is 8.20. The molecule has 2 fully saturated rings. The topological polar surface area (TPSA) is 74.8 Å². The van der Waals surface area contributed by atoms with E-state index in [2.05, 4.69) is 20.9 Å². The van der Waals surface area contributed by atoms with Gasteiger partial charge in [-0.15, -0.1) is 24.0 Å². The van der Waals surface area contributed by atoms with Gasteiger partial charge in [0.05, 0.1) is 24.8 Å². The van der Waals surface area contributed by atoms with Gasteiger partial charge in [0.2, 0.25) is 5.91 Å². The first-order chi connectivity index (χ1) is 10.2. The van der Waals surface area contributed by atoms with Crippen molar-refractivity contribution < 1.29 is 9.53 Å². The van der Waals surface area contributed by atoms with Crippen LogP contribution in [0.3, 0.4) is 0 Å². The lowest BCUT2D eigenvalue weighted by Gasteiger charge is -2.22. The highest BCUT2D eigenvalue weighted by atomic mass is 127. The third-order valence-electron chi connectivity index (χ3n) is 3.95. The second-order valence-corrected chi connectivity index (χ2v) is 5.72. The van der Waals surface area contributed by atoms with Gasteiger partial charge in [0.25, 0.3) is 0 Å². The number of amides is 1. The molecule has 2 bridgehead atoms. The Morgan fingerprint density at radius 3 is 2.68 bits per heavy atom. The van der Waals surface area contributed by atoms with Gasteiger partial charge in [0.15, 0.2) is 5.96 Å². The Morgan fingerprint density at radius 1 is 1.27 bits per heavy atom. The monoisotopic (exact) mass is 424 g/mol. The number of hydrogen-bond donors (Lipinski definition) is 3. The third-order valence-corrected chi connectivity index (χ3v) is 3.95. The number of nitrogens with zero attached hydrogens (tertiary/aromatic N) is 1. The van der Waals surface area contributed by atoms with Crippen molar-refractivity contribution in [1.82, 2.24) is 16.0 Å². The number of hydrogen-bond acceptors (Lipinski definition) is 3. The van der Waals surface area contributed by atoms with Crippen molar-refractivity contribution >= 4 is 35.8 Å². The molecule has 2 saturated heterocycles.